The SMILES string of the molecule is COCc1noc(C)c1OB(O)O. The van der Waals surface area contributed by atoms with Crippen LogP contribution in [0.4, 0.5) is 0 Å². The summed E-state index contributed by atoms with van der Waals surface area (Å²) in [6.45, 7) is 1.79. The zero-order valence-electron chi connectivity index (χ0n) is 7.35. The molecule has 13 heavy (non-hydrogen) atoms. The van der Waals surface area contributed by atoms with Gasteiger partial charge in [0.2, 0.25) is 0 Å². The number of methoxy groups -OCH3 is 1. The number of hydrogen-bond donors (Lipinski definition) is 2. The lowest BCUT2D eigenvalue weighted by Gasteiger charge is -2.03. The van der Waals surface area contributed by atoms with E-state index in [0.717, 1.165) is 0 Å². The van der Waals surface area contributed by atoms with E-state index in [4.69, 9.17) is 19.3 Å². The van der Waals surface area contributed by atoms with Crippen molar-refractivity contribution < 1.29 is 24.0 Å². The van der Waals surface area contributed by atoms with Crippen molar-refractivity contribution in [2.75, 3.05) is 7.11 Å². The van der Waals surface area contributed by atoms with Crippen LogP contribution in [0.2, 0.25) is 0 Å². The first-order chi connectivity index (χ1) is 6.15. The maximum atomic E-state index is 8.56. The van der Waals surface area contributed by atoms with Crippen LogP contribution in [-0.4, -0.2) is 29.6 Å². The zero-order chi connectivity index (χ0) is 9.84. The Labute approximate surface area is 75.2 Å². The van der Waals surface area contributed by atoms with Crippen LogP contribution in [0, 0.1) is 6.92 Å². The van der Waals surface area contributed by atoms with Crippen molar-refractivity contribution in [1.29, 1.82) is 0 Å². The molecule has 0 aliphatic rings. The number of ether oxygens (including phenoxy) is 1. The second-order valence-electron chi connectivity index (χ2n) is 2.39. The van der Waals surface area contributed by atoms with Gasteiger partial charge in [0.05, 0.1) is 6.61 Å². The topological polar surface area (TPSA) is 85.0 Å². The predicted molar refractivity (Wildman–Crippen MR) is 42.8 cm³/mol. The summed E-state index contributed by atoms with van der Waals surface area (Å²) in [4.78, 5) is 0. The average molecular weight is 187 g/mol. The molecule has 1 heterocycles. The molecule has 0 saturated carbocycles. The predicted octanol–water partition coefficient (Wildman–Crippen LogP) is -0.522. The molecule has 0 unspecified atom stereocenters. The van der Waals surface area contributed by atoms with Crippen molar-refractivity contribution >= 4 is 7.32 Å². The quantitative estimate of drug-likeness (QED) is 0.616. The van der Waals surface area contributed by atoms with E-state index in [1.165, 1.54) is 7.11 Å². The highest BCUT2D eigenvalue weighted by molar-refractivity contribution is 6.33. The molecule has 0 saturated heterocycles. The zero-order valence-corrected chi connectivity index (χ0v) is 7.35. The summed E-state index contributed by atoms with van der Waals surface area (Å²) in [5.74, 6) is 0.581. The molecule has 0 radical (unpaired) electrons. The first-order valence-corrected chi connectivity index (χ1v) is 3.62. The van der Waals surface area contributed by atoms with Crippen LogP contribution in [0.15, 0.2) is 4.52 Å². The fourth-order valence-corrected chi connectivity index (χ4v) is 0.895. The molecule has 0 atom stereocenters. The van der Waals surface area contributed by atoms with Crippen molar-refractivity contribution in [3.63, 3.8) is 0 Å². The van der Waals surface area contributed by atoms with Crippen LogP contribution < -0.4 is 4.65 Å². The van der Waals surface area contributed by atoms with E-state index >= 15 is 0 Å². The van der Waals surface area contributed by atoms with Gasteiger partial charge >= 0.3 is 7.32 Å². The molecule has 0 aliphatic heterocycles. The van der Waals surface area contributed by atoms with Crippen molar-refractivity contribution in [2.24, 2.45) is 0 Å². The van der Waals surface area contributed by atoms with Gasteiger partial charge in [-0.2, -0.15) is 0 Å². The second kappa shape index (κ2) is 4.26. The fraction of sp³-hybridized carbons (Fsp3) is 0.500. The number of aromatic nitrogens is 1. The highest BCUT2D eigenvalue weighted by Crippen LogP contribution is 2.23. The fourth-order valence-electron chi connectivity index (χ4n) is 0.895. The number of aryl methyl sites for hydroxylation is 1. The maximum absolute atomic E-state index is 8.56. The third-order valence-electron chi connectivity index (χ3n) is 1.38. The largest absolute Gasteiger partial charge is 0.707 e. The first-order valence-electron chi connectivity index (χ1n) is 3.62. The van der Waals surface area contributed by atoms with E-state index in [2.05, 4.69) is 9.81 Å². The minimum absolute atomic E-state index is 0.194. The summed E-state index contributed by atoms with van der Waals surface area (Å²) in [7, 11) is -0.392. The third kappa shape index (κ3) is 2.45. The standard InChI is InChI=1S/C6H10BNO5/c1-4-6(12-7(9)10)5(3-11-2)8-13-4/h9-10H,3H2,1-2H3. The molecule has 72 valence electrons. The van der Waals surface area contributed by atoms with Gasteiger partial charge in [0.15, 0.2) is 11.5 Å². The van der Waals surface area contributed by atoms with Crippen LogP contribution in [0.3, 0.4) is 0 Å². The molecule has 0 aliphatic carbocycles. The Balaban J connectivity index is 2.81. The van der Waals surface area contributed by atoms with E-state index < -0.39 is 7.32 Å². The van der Waals surface area contributed by atoms with E-state index in [0.29, 0.717) is 11.5 Å². The molecule has 2 N–H and O–H groups in total. The number of hydrogen-bond acceptors (Lipinski definition) is 6. The number of nitrogens with zero attached hydrogens (tertiary/aromatic N) is 1. The van der Waals surface area contributed by atoms with Crippen molar-refractivity contribution in [3.8, 4) is 5.75 Å². The molecule has 7 heteroatoms. The maximum Gasteiger partial charge on any atom is 0.707 e. The summed E-state index contributed by atoms with van der Waals surface area (Å²) >= 11 is 0. The molecule has 1 rings (SSSR count). The molecule has 0 amide bonds. The van der Waals surface area contributed by atoms with Gasteiger partial charge in [-0.1, -0.05) is 5.16 Å². The monoisotopic (exact) mass is 187 g/mol. The van der Waals surface area contributed by atoms with Crippen molar-refractivity contribution in [1.82, 2.24) is 5.16 Å². The number of rotatable bonds is 4. The third-order valence-corrected chi connectivity index (χ3v) is 1.38. The van der Waals surface area contributed by atoms with Crippen LogP contribution in [-0.2, 0) is 11.3 Å². The Morgan fingerprint density at radius 1 is 1.54 bits per heavy atom. The Morgan fingerprint density at radius 3 is 2.77 bits per heavy atom. The van der Waals surface area contributed by atoms with Crippen LogP contribution in [0.25, 0.3) is 0 Å². The lowest BCUT2D eigenvalue weighted by molar-refractivity contribution is 0.174. The van der Waals surface area contributed by atoms with E-state index in [1.807, 2.05) is 0 Å². The molecule has 0 fully saturated rings. The van der Waals surface area contributed by atoms with E-state index in [9.17, 15) is 0 Å². The highest BCUT2D eigenvalue weighted by atomic mass is 16.6. The molecular formula is C6H10BNO5. The van der Waals surface area contributed by atoms with E-state index in [-0.39, 0.29) is 12.4 Å². The normalized spacial score (nSPS) is 10.2. The van der Waals surface area contributed by atoms with Crippen molar-refractivity contribution in [3.05, 3.63) is 11.5 Å². The Morgan fingerprint density at radius 2 is 2.23 bits per heavy atom. The molecule has 1 aromatic heterocycles. The highest BCUT2D eigenvalue weighted by Gasteiger charge is 2.20. The molecule has 6 nitrogen and oxygen atoms in total. The Bertz CT molecular complexity index is 274. The minimum atomic E-state index is -1.88. The van der Waals surface area contributed by atoms with Gasteiger partial charge < -0.3 is 24.0 Å². The van der Waals surface area contributed by atoms with Crippen molar-refractivity contribution in [2.45, 2.75) is 13.5 Å². The average Bonchev–Trinajstić information content (AvgIpc) is 2.36. The van der Waals surface area contributed by atoms with Gasteiger partial charge in [-0.25, -0.2) is 0 Å². The van der Waals surface area contributed by atoms with Gasteiger partial charge in [-0.3, -0.25) is 0 Å². The molecular weight excluding hydrogens is 177 g/mol. The summed E-state index contributed by atoms with van der Waals surface area (Å²) in [6, 6.07) is 0. The van der Waals surface area contributed by atoms with Gasteiger partial charge in [0, 0.05) is 14.0 Å². The van der Waals surface area contributed by atoms with Gasteiger partial charge in [0.25, 0.3) is 0 Å². The van der Waals surface area contributed by atoms with E-state index in [1.54, 1.807) is 6.92 Å². The smallest absolute Gasteiger partial charge is 0.508 e. The van der Waals surface area contributed by atoms with Gasteiger partial charge in [0.1, 0.15) is 5.69 Å². The van der Waals surface area contributed by atoms with Gasteiger partial charge in [-0.05, 0) is 0 Å². The van der Waals surface area contributed by atoms with Gasteiger partial charge in [-0.15, -0.1) is 0 Å². The Kier molecular flexibility index (Phi) is 3.29. The first kappa shape index (κ1) is 10.0. The molecule has 0 aromatic carbocycles. The van der Waals surface area contributed by atoms with Crippen LogP contribution in [0.1, 0.15) is 11.5 Å². The second-order valence-corrected chi connectivity index (χ2v) is 2.39. The van der Waals surface area contributed by atoms with Crippen LogP contribution in [0.5, 0.6) is 5.75 Å². The lowest BCUT2D eigenvalue weighted by atomic mass is 10.2. The Hall–Kier alpha value is -1.05. The molecule has 0 bridgehead atoms. The molecule has 0 spiro atoms. The summed E-state index contributed by atoms with van der Waals surface area (Å²) in [5.41, 5.74) is 0.396. The summed E-state index contributed by atoms with van der Waals surface area (Å²) < 4.78 is 14.2. The minimum Gasteiger partial charge on any atom is -0.508 e. The summed E-state index contributed by atoms with van der Waals surface area (Å²) in [6.07, 6.45) is 0. The lowest BCUT2D eigenvalue weighted by Crippen LogP contribution is -2.21. The summed E-state index contributed by atoms with van der Waals surface area (Å²) in [5, 5.41) is 20.7. The molecule has 1 aromatic rings. The van der Waals surface area contributed by atoms with Crippen LogP contribution >= 0.6 is 0 Å².